The molecule has 0 saturated heterocycles. The van der Waals surface area contributed by atoms with Crippen molar-refractivity contribution in [3.05, 3.63) is 84.2 Å². The van der Waals surface area contributed by atoms with Crippen LogP contribution in [0.15, 0.2) is 67.1 Å². The Morgan fingerprint density at radius 1 is 1.00 bits per heavy atom. The van der Waals surface area contributed by atoms with Crippen LogP contribution >= 0.6 is 0 Å². The van der Waals surface area contributed by atoms with Gasteiger partial charge in [0, 0.05) is 5.69 Å². The summed E-state index contributed by atoms with van der Waals surface area (Å²) >= 11 is 0. The third-order valence-electron chi connectivity index (χ3n) is 4.06. The summed E-state index contributed by atoms with van der Waals surface area (Å²) in [4.78, 5) is 25.6. The maximum absolute atomic E-state index is 12.5. The number of carbonyl (C=O) groups is 1. The molecule has 0 N–H and O–H groups in total. The molecule has 0 saturated carbocycles. The maximum Gasteiger partial charge on any atom is 0.357 e. The number of fused-ring (bicyclic) bond motifs is 1. The van der Waals surface area contributed by atoms with Crippen molar-refractivity contribution >= 4 is 17.0 Å². The van der Waals surface area contributed by atoms with E-state index in [1.165, 1.54) is 6.20 Å². The topological polar surface area (TPSA) is 69.9 Å². The molecule has 128 valence electrons. The molecule has 0 unspecified atom stereocenters. The summed E-state index contributed by atoms with van der Waals surface area (Å²) in [5.74, 6) is -0.458. The van der Waals surface area contributed by atoms with Gasteiger partial charge < -0.3 is 4.74 Å². The van der Waals surface area contributed by atoms with Gasteiger partial charge >= 0.3 is 5.97 Å². The lowest BCUT2D eigenvalue weighted by Gasteiger charge is -2.09. The minimum atomic E-state index is -0.458. The van der Waals surface area contributed by atoms with Crippen molar-refractivity contribution in [2.24, 2.45) is 0 Å². The summed E-state index contributed by atoms with van der Waals surface area (Å²) in [7, 11) is 0. The van der Waals surface area contributed by atoms with E-state index in [-0.39, 0.29) is 6.61 Å². The van der Waals surface area contributed by atoms with Gasteiger partial charge in [-0.15, -0.1) is 0 Å². The number of rotatable bonds is 4. The third kappa shape index (κ3) is 3.04. The number of aryl methyl sites for hydroxylation is 1. The Balaban J connectivity index is 1.55. The average molecular weight is 344 g/mol. The van der Waals surface area contributed by atoms with Gasteiger partial charge in [-0.3, -0.25) is 4.57 Å². The van der Waals surface area contributed by atoms with E-state index in [0.717, 1.165) is 22.4 Å². The molecule has 2 aromatic heterocycles. The van der Waals surface area contributed by atoms with Gasteiger partial charge in [-0.1, -0.05) is 30.3 Å². The van der Waals surface area contributed by atoms with E-state index >= 15 is 0 Å². The van der Waals surface area contributed by atoms with Crippen LogP contribution in [0, 0.1) is 6.92 Å². The largest absolute Gasteiger partial charge is 0.454 e. The van der Waals surface area contributed by atoms with E-state index in [2.05, 4.69) is 15.0 Å². The highest BCUT2D eigenvalue weighted by molar-refractivity contribution is 5.88. The van der Waals surface area contributed by atoms with Crippen molar-refractivity contribution < 1.29 is 9.53 Å². The van der Waals surface area contributed by atoms with Gasteiger partial charge in [-0.2, -0.15) is 0 Å². The summed E-state index contributed by atoms with van der Waals surface area (Å²) < 4.78 is 7.16. The van der Waals surface area contributed by atoms with Crippen molar-refractivity contribution in [1.82, 2.24) is 19.5 Å². The first kappa shape index (κ1) is 16.0. The molecule has 0 aliphatic rings. The maximum atomic E-state index is 12.5. The number of benzene rings is 2. The number of hydrogen-bond donors (Lipinski definition) is 0. The van der Waals surface area contributed by atoms with Crippen molar-refractivity contribution in [2.75, 3.05) is 0 Å². The second kappa shape index (κ2) is 6.76. The van der Waals surface area contributed by atoms with Crippen molar-refractivity contribution in [3.63, 3.8) is 0 Å². The van der Waals surface area contributed by atoms with Crippen LogP contribution in [0.3, 0.4) is 0 Å². The Bertz CT molecular complexity index is 1070. The molecule has 0 atom stereocenters. The first-order chi connectivity index (χ1) is 12.7. The number of carbonyl (C=O) groups excluding carboxylic acids is 1. The number of hydrogen-bond acceptors (Lipinski definition) is 5. The first-order valence-electron chi connectivity index (χ1n) is 8.19. The van der Waals surface area contributed by atoms with E-state index in [1.54, 1.807) is 10.9 Å². The SMILES string of the molecule is Cc1nc2ccccc2nc1COC(=O)c1cncn1-c1ccccc1. The Morgan fingerprint density at radius 2 is 1.69 bits per heavy atom. The number of nitrogens with zero attached hydrogens (tertiary/aromatic N) is 4. The monoisotopic (exact) mass is 344 g/mol. The average Bonchev–Trinajstić information content (AvgIpc) is 3.17. The lowest BCUT2D eigenvalue weighted by atomic mass is 10.2. The van der Waals surface area contributed by atoms with Gasteiger partial charge in [0.25, 0.3) is 0 Å². The molecule has 0 aliphatic heterocycles. The lowest BCUT2D eigenvalue weighted by molar-refractivity contribution is 0.0457. The molecule has 0 aliphatic carbocycles. The number of esters is 1. The highest BCUT2D eigenvalue weighted by atomic mass is 16.5. The van der Waals surface area contributed by atoms with Crippen LogP contribution < -0.4 is 0 Å². The molecule has 0 fully saturated rings. The Kier molecular flexibility index (Phi) is 4.15. The van der Waals surface area contributed by atoms with Gasteiger partial charge in [-0.05, 0) is 31.2 Å². The standard InChI is InChI=1S/C20H16N4O2/c1-14-18(23-17-10-6-5-9-16(17)22-14)12-26-20(25)19-11-21-13-24(19)15-7-3-2-4-8-15/h2-11,13H,12H2,1H3. The second-order valence-electron chi connectivity index (χ2n) is 5.80. The van der Waals surface area contributed by atoms with Crippen LogP contribution in [-0.2, 0) is 11.3 Å². The molecule has 0 spiro atoms. The predicted octanol–water partition coefficient (Wildman–Crippen LogP) is 3.48. The highest BCUT2D eigenvalue weighted by Gasteiger charge is 2.16. The van der Waals surface area contributed by atoms with E-state index < -0.39 is 5.97 Å². The fourth-order valence-corrected chi connectivity index (χ4v) is 2.71. The zero-order chi connectivity index (χ0) is 17.9. The summed E-state index contributed by atoms with van der Waals surface area (Å²) in [6.07, 6.45) is 3.08. The quantitative estimate of drug-likeness (QED) is 0.530. The molecular weight excluding hydrogens is 328 g/mol. The fourth-order valence-electron chi connectivity index (χ4n) is 2.71. The van der Waals surface area contributed by atoms with Gasteiger partial charge in [0.15, 0.2) is 5.69 Å². The van der Waals surface area contributed by atoms with Crippen LogP contribution in [0.1, 0.15) is 21.9 Å². The van der Waals surface area contributed by atoms with Crippen LogP contribution in [0.2, 0.25) is 0 Å². The zero-order valence-corrected chi connectivity index (χ0v) is 14.2. The van der Waals surface area contributed by atoms with Crippen molar-refractivity contribution in [1.29, 1.82) is 0 Å². The summed E-state index contributed by atoms with van der Waals surface area (Å²) in [5, 5.41) is 0. The van der Waals surface area contributed by atoms with E-state index in [4.69, 9.17) is 4.74 Å². The zero-order valence-electron chi connectivity index (χ0n) is 14.2. The fraction of sp³-hybridized carbons (Fsp3) is 0.100. The Hall–Kier alpha value is -3.54. The molecule has 0 radical (unpaired) electrons. The van der Waals surface area contributed by atoms with Gasteiger partial charge in [0.05, 0.1) is 34.9 Å². The van der Waals surface area contributed by atoms with Crippen LogP contribution in [-0.4, -0.2) is 25.5 Å². The molecule has 26 heavy (non-hydrogen) atoms. The van der Waals surface area contributed by atoms with E-state index in [0.29, 0.717) is 11.4 Å². The van der Waals surface area contributed by atoms with Crippen LogP contribution in [0.4, 0.5) is 0 Å². The molecule has 2 aromatic carbocycles. The van der Waals surface area contributed by atoms with Crippen molar-refractivity contribution in [3.8, 4) is 5.69 Å². The van der Waals surface area contributed by atoms with Crippen molar-refractivity contribution in [2.45, 2.75) is 13.5 Å². The molecule has 6 nitrogen and oxygen atoms in total. The second-order valence-corrected chi connectivity index (χ2v) is 5.80. The smallest absolute Gasteiger partial charge is 0.357 e. The van der Waals surface area contributed by atoms with Gasteiger partial charge in [-0.25, -0.2) is 19.7 Å². The lowest BCUT2D eigenvalue weighted by Crippen LogP contribution is -2.12. The van der Waals surface area contributed by atoms with E-state index in [9.17, 15) is 4.79 Å². The molecule has 0 bridgehead atoms. The summed E-state index contributed by atoms with van der Waals surface area (Å²) in [6, 6.07) is 17.1. The van der Waals surface area contributed by atoms with E-state index in [1.807, 2.05) is 61.5 Å². The van der Waals surface area contributed by atoms with Crippen LogP contribution in [0.25, 0.3) is 16.7 Å². The Labute approximate surface area is 150 Å². The molecular formula is C20H16N4O2. The van der Waals surface area contributed by atoms with Gasteiger partial charge in [0.2, 0.25) is 0 Å². The molecule has 6 heteroatoms. The minimum absolute atomic E-state index is 0.0580. The first-order valence-corrected chi connectivity index (χ1v) is 8.19. The molecule has 4 aromatic rings. The highest BCUT2D eigenvalue weighted by Crippen LogP contribution is 2.15. The third-order valence-corrected chi connectivity index (χ3v) is 4.06. The number of aromatic nitrogens is 4. The minimum Gasteiger partial charge on any atom is -0.454 e. The molecule has 0 amide bonds. The predicted molar refractivity (Wildman–Crippen MR) is 97.0 cm³/mol. The normalized spacial score (nSPS) is 10.8. The number of ether oxygens (including phenoxy) is 1. The number of imidazole rings is 1. The van der Waals surface area contributed by atoms with Crippen LogP contribution in [0.5, 0.6) is 0 Å². The molecule has 4 rings (SSSR count). The van der Waals surface area contributed by atoms with Gasteiger partial charge in [0.1, 0.15) is 6.61 Å². The summed E-state index contributed by atoms with van der Waals surface area (Å²) in [5.41, 5.74) is 4.19. The Morgan fingerprint density at radius 3 is 2.46 bits per heavy atom. The molecule has 2 heterocycles. The summed E-state index contributed by atoms with van der Waals surface area (Å²) in [6.45, 7) is 1.92. The number of para-hydroxylation sites is 3.